The van der Waals surface area contributed by atoms with Crippen molar-refractivity contribution in [2.75, 3.05) is 0 Å². The summed E-state index contributed by atoms with van der Waals surface area (Å²) < 4.78 is 5.70. The van der Waals surface area contributed by atoms with Gasteiger partial charge in [-0.2, -0.15) is 0 Å². The molecule has 0 N–H and O–H groups in total. The van der Waals surface area contributed by atoms with E-state index in [0.717, 1.165) is 6.42 Å². The lowest BCUT2D eigenvalue weighted by molar-refractivity contribution is 0.180. The molecule has 1 aliphatic rings. The van der Waals surface area contributed by atoms with Gasteiger partial charge < -0.3 is 4.74 Å². The second-order valence-corrected chi connectivity index (χ2v) is 4.26. The molecule has 0 aliphatic heterocycles. The molecule has 1 heteroatoms. The van der Waals surface area contributed by atoms with Crippen LogP contribution in [-0.2, 0) is 11.2 Å². The molecule has 0 saturated carbocycles. The summed E-state index contributed by atoms with van der Waals surface area (Å²) >= 11 is 0. The maximum absolute atomic E-state index is 5.70. The fourth-order valence-corrected chi connectivity index (χ4v) is 2.52. The molecule has 0 spiro atoms. The number of benzene rings is 2. The molecule has 0 saturated heterocycles. The fourth-order valence-electron chi connectivity index (χ4n) is 2.52. The zero-order valence-electron chi connectivity index (χ0n) is 9.60. The Morgan fingerprint density at radius 1 is 0.941 bits per heavy atom. The Hall–Kier alpha value is -2.02. The van der Waals surface area contributed by atoms with Crippen molar-refractivity contribution >= 4 is 0 Å². The first kappa shape index (κ1) is 10.2. The Morgan fingerprint density at radius 2 is 1.47 bits per heavy atom. The Labute approximate surface area is 101 Å². The molecular formula is C16H14O. The first-order valence-corrected chi connectivity index (χ1v) is 5.82. The summed E-state index contributed by atoms with van der Waals surface area (Å²) in [6, 6.07) is 16.9. The standard InChI is InChI=1S/C16H14O/c1-2-17-16-14-9-5-3-7-12(14)11-13-8-4-6-10-15(13)16/h2-10,16H,1,11H2. The SMILES string of the molecule is C=COC1c2ccccc2Cc2ccccc21. The van der Waals surface area contributed by atoms with Gasteiger partial charge in [-0.25, -0.2) is 0 Å². The average Bonchev–Trinajstić information content (AvgIpc) is 2.39. The van der Waals surface area contributed by atoms with Gasteiger partial charge in [0.2, 0.25) is 0 Å². The molecule has 3 rings (SSSR count). The first-order valence-electron chi connectivity index (χ1n) is 5.82. The molecule has 2 aromatic rings. The third-order valence-corrected chi connectivity index (χ3v) is 3.29. The van der Waals surface area contributed by atoms with E-state index in [4.69, 9.17) is 4.74 Å². The second-order valence-electron chi connectivity index (χ2n) is 4.26. The van der Waals surface area contributed by atoms with Gasteiger partial charge >= 0.3 is 0 Å². The van der Waals surface area contributed by atoms with Crippen LogP contribution in [0.1, 0.15) is 28.4 Å². The lowest BCUT2D eigenvalue weighted by atomic mass is 9.84. The number of hydrogen-bond acceptors (Lipinski definition) is 1. The highest BCUT2D eigenvalue weighted by Crippen LogP contribution is 2.37. The maximum atomic E-state index is 5.70. The van der Waals surface area contributed by atoms with Crippen LogP contribution in [0.5, 0.6) is 0 Å². The summed E-state index contributed by atoms with van der Waals surface area (Å²) in [5, 5.41) is 0. The van der Waals surface area contributed by atoms with E-state index >= 15 is 0 Å². The van der Waals surface area contributed by atoms with Gasteiger partial charge in [-0.3, -0.25) is 0 Å². The Balaban J connectivity index is 2.16. The molecule has 1 nitrogen and oxygen atoms in total. The lowest BCUT2D eigenvalue weighted by Crippen LogP contribution is -2.14. The summed E-state index contributed by atoms with van der Waals surface area (Å²) in [6.45, 7) is 3.68. The van der Waals surface area contributed by atoms with Crippen LogP contribution >= 0.6 is 0 Å². The number of rotatable bonds is 2. The van der Waals surface area contributed by atoms with Gasteiger partial charge in [0.15, 0.2) is 0 Å². The number of hydrogen-bond donors (Lipinski definition) is 0. The van der Waals surface area contributed by atoms with Crippen LogP contribution in [0.25, 0.3) is 0 Å². The summed E-state index contributed by atoms with van der Waals surface area (Å²) in [4.78, 5) is 0. The van der Waals surface area contributed by atoms with Crippen molar-refractivity contribution in [1.82, 2.24) is 0 Å². The molecule has 0 bridgehead atoms. The Kier molecular flexibility index (Phi) is 2.45. The third kappa shape index (κ3) is 1.64. The Morgan fingerprint density at radius 3 is 2.00 bits per heavy atom. The lowest BCUT2D eigenvalue weighted by Gasteiger charge is -2.27. The van der Waals surface area contributed by atoms with E-state index in [1.54, 1.807) is 0 Å². The largest absolute Gasteiger partial charge is 0.489 e. The first-order chi connectivity index (χ1) is 8.40. The van der Waals surface area contributed by atoms with Gasteiger partial charge in [0.05, 0.1) is 6.26 Å². The zero-order valence-corrected chi connectivity index (χ0v) is 9.60. The number of fused-ring (bicyclic) bond motifs is 2. The van der Waals surface area contributed by atoms with Crippen LogP contribution in [0.15, 0.2) is 61.4 Å². The third-order valence-electron chi connectivity index (χ3n) is 3.29. The van der Waals surface area contributed by atoms with E-state index in [2.05, 4.69) is 55.1 Å². The second kappa shape index (κ2) is 4.10. The van der Waals surface area contributed by atoms with Crippen molar-refractivity contribution in [2.24, 2.45) is 0 Å². The average molecular weight is 222 g/mol. The normalized spacial score (nSPS) is 13.6. The Bertz CT molecular complexity index is 511. The van der Waals surface area contributed by atoms with Gasteiger partial charge in [0.1, 0.15) is 6.10 Å². The highest BCUT2D eigenvalue weighted by Gasteiger charge is 2.25. The molecule has 17 heavy (non-hydrogen) atoms. The van der Waals surface area contributed by atoms with E-state index in [9.17, 15) is 0 Å². The van der Waals surface area contributed by atoms with Crippen molar-refractivity contribution < 1.29 is 4.74 Å². The predicted octanol–water partition coefficient (Wildman–Crippen LogP) is 3.84. The smallest absolute Gasteiger partial charge is 0.148 e. The predicted molar refractivity (Wildman–Crippen MR) is 68.8 cm³/mol. The summed E-state index contributed by atoms with van der Waals surface area (Å²) in [6.07, 6.45) is 2.51. The van der Waals surface area contributed by atoms with Crippen molar-refractivity contribution in [1.29, 1.82) is 0 Å². The van der Waals surface area contributed by atoms with Crippen LogP contribution in [0, 0.1) is 0 Å². The molecule has 0 amide bonds. The van der Waals surface area contributed by atoms with Gasteiger partial charge in [-0.05, 0) is 17.5 Å². The summed E-state index contributed by atoms with van der Waals surface area (Å²) in [5.41, 5.74) is 5.20. The van der Waals surface area contributed by atoms with Crippen LogP contribution in [-0.4, -0.2) is 0 Å². The van der Waals surface area contributed by atoms with Crippen molar-refractivity contribution in [2.45, 2.75) is 12.5 Å². The molecule has 0 heterocycles. The van der Waals surface area contributed by atoms with Gasteiger partial charge in [0.25, 0.3) is 0 Å². The van der Waals surface area contributed by atoms with E-state index in [1.807, 2.05) is 0 Å². The van der Waals surface area contributed by atoms with Gasteiger partial charge in [-0.15, -0.1) is 0 Å². The van der Waals surface area contributed by atoms with Crippen LogP contribution < -0.4 is 0 Å². The van der Waals surface area contributed by atoms with E-state index in [0.29, 0.717) is 0 Å². The summed E-state index contributed by atoms with van der Waals surface area (Å²) in [5.74, 6) is 0. The molecular weight excluding hydrogens is 208 g/mol. The van der Waals surface area contributed by atoms with Crippen LogP contribution in [0.4, 0.5) is 0 Å². The van der Waals surface area contributed by atoms with E-state index < -0.39 is 0 Å². The topological polar surface area (TPSA) is 9.23 Å². The molecule has 84 valence electrons. The minimum absolute atomic E-state index is 0.00588. The minimum atomic E-state index is -0.00588. The van der Waals surface area contributed by atoms with Crippen molar-refractivity contribution in [3.8, 4) is 0 Å². The minimum Gasteiger partial charge on any atom is -0.489 e. The molecule has 0 atom stereocenters. The molecule has 2 aromatic carbocycles. The van der Waals surface area contributed by atoms with Crippen molar-refractivity contribution in [3.05, 3.63) is 83.6 Å². The van der Waals surface area contributed by atoms with Crippen LogP contribution in [0.3, 0.4) is 0 Å². The van der Waals surface area contributed by atoms with E-state index in [-0.39, 0.29) is 6.10 Å². The maximum Gasteiger partial charge on any atom is 0.148 e. The van der Waals surface area contributed by atoms with Gasteiger partial charge in [-0.1, -0.05) is 55.1 Å². The molecule has 0 fully saturated rings. The van der Waals surface area contributed by atoms with Crippen molar-refractivity contribution in [3.63, 3.8) is 0 Å². The molecule has 1 aliphatic carbocycles. The molecule has 0 unspecified atom stereocenters. The highest BCUT2D eigenvalue weighted by molar-refractivity contribution is 5.47. The monoisotopic (exact) mass is 222 g/mol. The van der Waals surface area contributed by atoms with Crippen LogP contribution in [0.2, 0.25) is 0 Å². The highest BCUT2D eigenvalue weighted by atomic mass is 16.5. The molecule has 0 aromatic heterocycles. The van der Waals surface area contributed by atoms with E-state index in [1.165, 1.54) is 28.5 Å². The van der Waals surface area contributed by atoms with Gasteiger partial charge in [0, 0.05) is 11.1 Å². The molecule has 0 radical (unpaired) electrons. The fraction of sp³-hybridized carbons (Fsp3) is 0.125. The number of ether oxygens (including phenoxy) is 1. The zero-order chi connectivity index (χ0) is 11.7. The quantitative estimate of drug-likeness (QED) is 0.701. The summed E-state index contributed by atoms with van der Waals surface area (Å²) in [7, 11) is 0.